The molecule has 0 aliphatic heterocycles. The average molecular weight is 425 g/mol. The van der Waals surface area contributed by atoms with Crippen LogP contribution in [0.15, 0.2) is 91.4 Å². The van der Waals surface area contributed by atoms with Crippen LogP contribution in [0.5, 0.6) is 11.5 Å². The molecule has 2 aromatic carbocycles. The predicted octanol–water partition coefficient (Wildman–Crippen LogP) is 5.51. The minimum atomic E-state index is -0.337. The van der Waals surface area contributed by atoms with Gasteiger partial charge in [0.1, 0.15) is 23.0 Å². The van der Waals surface area contributed by atoms with Crippen LogP contribution in [-0.2, 0) is 6.54 Å². The number of nitrogens with one attached hydrogen (secondary N) is 1. The van der Waals surface area contributed by atoms with E-state index in [2.05, 4.69) is 15.3 Å². The summed E-state index contributed by atoms with van der Waals surface area (Å²) in [6.07, 6.45) is 9.05. The fourth-order valence-corrected chi connectivity index (χ4v) is 2.92. The van der Waals surface area contributed by atoms with Crippen molar-refractivity contribution in [2.75, 3.05) is 0 Å². The largest absolute Gasteiger partial charge is 0.457 e. The molecule has 0 saturated heterocycles. The Kier molecular flexibility index (Phi) is 6.63. The van der Waals surface area contributed by atoms with Crippen LogP contribution < -0.4 is 10.1 Å². The third-order valence-electron chi connectivity index (χ3n) is 4.62. The lowest BCUT2D eigenvalue weighted by Crippen LogP contribution is -2.23. The Morgan fingerprint density at radius 3 is 2.25 bits per heavy atom. The van der Waals surface area contributed by atoms with Gasteiger partial charge in [-0.1, -0.05) is 36.4 Å². The first-order valence-electron chi connectivity index (χ1n) is 10.0. The van der Waals surface area contributed by atoms with Crippen LogP contribution in [0.4, 0.5) is 4.39 Å². The zero-order valence-corrected chi connectivity index (χ0v) is 17.1. The van der Waals surface area contributed by atoms with Gasteiger partial charge in [0.25, 0.3) is 5.91 Å². The lowest BCUT2D eigenvalue weighted by molar-refractivity contribution is 0.0945. The Bertz CT molecular complexity index is 1210. The number of pyridine rings is 2. The van der Waals surface area contributed by atoms with Gasteiger partial charge < -0.3 is 10.1 Å². The first kappa shape index (κ1) is 20.9. The maximum atomic E-state index is 13.0. The minimum absolute atomic E-state index is 0.238. The van der Waals surface area contributed by atoms with Crippen LogP contribution in [-0.4, -0.2) is 15.9 Å². The number of carbonyl (C=O) groups is 1. The van der Waals surface area contributed by atoms with E-state index in [0.717, 1.165) is 16.7 Å². The van der Waals surface area contributed by atoms with Crippen molar-refractivity contribution in [3.8, 4) is 11.5 Å². The van der Waals surface area contributed by atoms with Crippen LogP contribution in [0.3, 0.4) is 0 Å². The molecule has 4 aromatic rings. The fourth-order valence-electron chi connectivity index (χ4n) is 2.92. The molecule has 158 valence electrons. The Balaban J connectivity index is 1.36. The summed E-state index contributed by atoms with van der Waals surface area (Å²) >= 11 is 0. The number of nitrogens with zero attached hydrogens (tertiary/aromatic N) is 2. The van der Waals surface area contributed by atoms with Gasteiger partial charge in [0, 0.05) is 31.2 Å². The Hall–Kier alpha value is -4.32. The van der Waals surface area contributed by atoms with Gasteiger partial charge >= 0.3 is 0 Å². The number of amides is 1. The molecule has 0 fully saturated rings. The SMILES string of the molecule is O=C(NCc1ccc(F)cc1)c1cc(Oc2ccc(/C=C/c3ccncc3)cc2)ccn1. The molecule has 0 saturated carbocycles. The molecule has 5 nitrogen and oxygen atoms in total. The van der Waals surface area contributed by atoms with Crippen molar-refractivity contribution in [3.63, 3.8) is 0 Å². The van der Waals surface area contributed by atoms with Crippen molar-refractivity contribution in [1.82, 2.24) is 15.3 Å². The van der Waals surface area contributed by atoms with E-state index in [1.54, 1.807) is 36.7 Å². The predicted molar refractivity (Wildman–Crippen MR) is 121 cm³/mol. The summed E-state index contributed by atoms with van der Waals surface area (Å²) in [6.45, 7) is 0.278. The summed E-state index contributed by atoms with van der Waals surface area (Å²) in [5.74, 6) is 0.503. The Morgan fingerprint density at radius 1 is 0.844 bits per heavy atom. The van der Waals surface area contributed by atoms with Crippen molar-refractivity contribution in [2.45, 2.75) is 6.54 Å². The summed E-state index contributed by atoms with van der Waals surface area (Å²) in [5.41, 5.74) is 3.14. The van der Waals surface area contributed by atoms with Crippen molar-refractivity contribution < 1.29 is 13.9 Å². The van der Waals surface area contributed by atoms with Gasteiger partial charge in [0.2, 0.25) is 0 Å². The minimum Gasteiger partial charge on any atom is -0.457 e. The smallest absolute Gasteiger partial charge is 0.270 e. The van der Waals surface area contributed by atoms with Gasteiger partial charge in [-0.3, -0.25) is 14.8 Å². The highest BCUT2D eigenvalue weighted by molar-refractivity contribution is 5.92. The van der Waals surface area contributed by atoms with Crippen molar-refractivity contribution in [3.05, 3.63) is 120 Å². The lowest BCUT2D eigenvalue weighted by atomic mass is 10.1. The highest BCUT2D eigenvalue weighted by Crippen LogP contribution is 2.22. The molecule has 4 rings (SSSR count). The van der Waals surface area contributed by atoms with E-state index in [4.69, 9.17) is 4.74 Å². The number of carbonyl (C=O) groups excluding carboxylic acids is 1. The second kappa shape index (κ2) is 10.1. The zero-order chi connectivity index (χ0) is 22.2. The Labute approximate surface area is 185 Å². The average Bonchev–Trinajstić information content (AvgIpc) is 2.84. The molecule has 0 unspecified atom stereocenters. The molecule has 1 N–H and O–H groups in total. The highest BCUT2D eigenvalue weighted by atomic mass is 19.1. The topological polar surface area (TPSA) is 64.1 Å². The first-order chi connectivity index (χ1) is 15.7. The highest BCUT2D eigenvalue weighted by Gasteiger charge is 2.09. The Morgan fingerprint density at radius 2 is 1.53 bits per heavy atom. The number of ether oxygens (including phenoxy) is 1. The summed E-state index contributed by atoms with van der Waals surface area (Å²) in [4.78, 5) is 20.5. The summed E-state index contributed by atoms with van der Waals surface area (Å²) in [5, 5.41) is 2.77. The molecular weight excluding hydrogens is 405 g/mol. The van der Waals surface area contributed by atoms with E-state index in [0.29, 0.717) is 11.5 Å². The van der Waals surface area contributed by atoms with Crippen LogP contribution in [0, 0.1) is 5.82 Å². The third kappa shape index (κ3) is 5.86. The maximum absolute atomic E-state index is 13.0. The number of halogens is 1. The fraction of sp³-hybridized carbons (Fsp3) is 0.0385. The van der Waals surface area contributed by atoms with E-state index >= 15 is 0 Å². The van der Waals surface area contributed by atoms with Crippen molar-refractivity contribution >= 4 is 18.1 Å². The van der Waals surface area contributed by atoms with Crippen LogP contribution >= 0.6 is 0 Å². The molecule has 0 atom stereocenters. The molecule has 0 aliphatic rings. The number of aromatic nitrogens is 2. The number of hydrogen-bond acceptors (Lipinski definition) is 4. The van der Waals surface area contributed by atoms with Gasteiger partial charge in [-0.2, -0.15) is 0 Å². The molecule has 0 spiro atoms. The van der Waals surface area contributed by atoms with Gasteiger partial charge in [0.05, 0.1) is 0 Å². The van der Waals surface area contributed by atoms with E-state index in [1.807, 2.05) is 48.6 Å². The van der Waals surface area contributed by atoms with Gasteiger partial charge in [-0.05, 0) is 59.2 Å². The van der Waals surface area contributed by atoms with Crippen LogP contribution in [0.2, 0.25) is 0 Å². The van der Waals surface area contributed by atoms with Crippen LogP contribution in [0.1, 0.15) is 27.2 Å². The molecule has 1 amide bonds. The zero-order valence-electron chi connectivity index (χ0n) is 17.1. The second-order valence-corrected chi connectivity index (χ2v) is 6.97. The molecule has 0 aliphatic carbocycles. The van der Waals surface area contributed by atoms with Gasteiger partial charge in [0.15, 0.2) is 0 Å². The normalized spacial score (nSPS) is 10.8. The van der Waals surface area contributed by atoms with E-state index < -0.39 is 0 Å². The molecule has 2 aromatic heterocycles. The summed E-state index contributed by atoms with van der Waals surface area (Å²) in [7, 11) is 0. The number of rotatable bonds is 7. The second-order valence-electron chi connectivity index (χ2n) is 6.97. The van der Waals surface area contributed by atoms with Crippen molar-refractivity contribution in [2.24, 2.45) is 0 Å². The van der Waals surface area contributed by atoms with Gasteiger partial charge in [-0.25, -0.2) is 4.39 Å². The molecule has 0 radical (unpaired) electrons. The molecule has 0 bridgehead atoms. The van der Waals surface area contributed by atoms with Crippen molar-refractivity contribution in [1.29, 1.82) is 0 Å². The summed E-state index contributed by atoms with van der Waals surface area (Å²) in [6, 6.07) is 20.7. The maximum Gasteiger partial charge on any atom is 0.270 e. The van der Waals surface area contributed by atoms with Gasteiger partial charge in [-0.15, -0.1) is 0 Å². The molecule has 32 heavy (non-hydrogen) atoms. The van der Waals surface area contributed by atoms with E-state index in [9.17, 15) is 9.18 Å². The quantitative estimate of drug-likeness (QED) is 0.424. The monoisotopic (exact) mass is 425 g/mol. The molecule has 6 heteroatoms. The molecule has 2 heterocycles. The van der Waals surface area contributed by atoms with E-state index in [1.165, 1.54) is 18.3 Å². The number of hydrogen-bond donors (Lipinski definition) is 1. The standard InChI is InChI=1S/C26H20FN3O2/c27-22-7-3-21(4-8-22)18-30-26(31)25-17-24(13-16-29-25)32-23-9-5-19(6-10-23)1-2-20-11-14-28-15-12-20/h1-17H,18H2,(H,30,31)/b2-1+. The third-order valence-corrected chi connectivity index (χ3v) is 4.62. The molecular formula is C26H20FN3O2. The van der Waals surface area contributed by atoms with E-state index in [-0.39, 0.29) is 24.0 Å². The van der Waals surface area contributed by atoms with Crippen LogP contribution in [0.25, 0.3) is 12.2 Å². The first-order valence-corrected chi connectivity index (χ1v) is 10.0. The number of benzene rings is 2. The summed E-state index contributed by atoms with van der Waals surface area (Å²) < 4.78 is 18.9. The lowest BCUT2D eigenvalue weighted by Gasteiger charge is -2.08.